The van der Waals surface area contributed by atoms with Gasteiger partial charge in [-0.25, -0.2) is 0 Å². The number of thioether (sulfide) groups is 1. The summed E-state index contributed by atoms with van der Waals surface area (Å²) in [7, 11) is 0. The summed E-state index contributed by atoms with van der Waals surface area (Å²) in [6.45, 7) is 2.38. The highest BCUT2D eigenvalue weighted by Crippen LogP contribution is 2.43. The quantitative estimate of drug-likeness (QED) is 0.710. The van der Waals surface area contributed by atoms with E-state index in [4.69, 9.17) is 5.11 Å². The van der Waals surface area contributed by atoms with Crippen molar-refractivity contribution in [3.63, 3.8) is 0 Å². The van der Waals surface area contributed by atoms with E-state index in [1.54, 1.807) is 0 Å². The third-order valence-corrected chi connectivity index (χ3v) is 5.67. The number of carboxylic acid groups (broad SMARTS) is 1. The largest absolute Gasteiger partial charge is 0.480 e. The van der Waals surface area contributed by atoms with E-state index < -0.39 is 5.97 Å². The predicted molar refractivity (Wildman–Crippen MR) is 63.6 cm³/mol. The van der Waals surface area contributed by atoms with E-state index in [2.05, 4.69) is 10.2 Å². The van der Waals surface area contributed by atoms with E-state index in [1.165, 1.54) is 19.4 Å². The highest BCUT2D eigenvalue weighted by molar-refractivity contribution is 8.01. The van der Waals surface area contributed by atoms with Crippen LogP contribution in [0.5, 0.6) is 0 Å². The van der Waals surface area contributed by atoms with Crippen LogP contribution in [0.1, 0.15) is 25.7 Å². The molecule has 3 aliphatic rings. The molecule has 0 radical (unpaired) electrons. The third kappa shape index (κ3) is 1.75. The van der Waals surface area contributed by atoms with Crippen molar-refractivity contribution < 1.29 is 9.90 Å². The summed E-state index contributed by atoms with van der Waals surface area (Å²) in [6.07, 6.45) is 4.83. The maximum Gasteiger partial charge on any atom is 0.321 e. The first-order chi connectivity index (χ1) is 7.69. The van der Waals surface area contributed by atoms with Gasteiger partial charge in [0.2, 0.25) is 0 Å². The Labute approximate surface area is 99.8 Å². The monoisotopic (exact) mass is 242 g/mol. The lowest BCUT2D eigenvalue weighted by atomic mass is 9.96. The number of nitrogens with one attached hydrogen (secondary N) is 1. The van der Waals surface area contributed by atoms with Crippen LogP contribution in [0.3, 0.4) is 0 Å². The second-order valence-corrected chi connectivity index (χ2v) is 6.53. The molecule has 3 atom stereocenters. The van der Waals surface area contributed by atoms with Gasteiger partial charge < -0.3 is 10.0 Å². The number of fused-ring (bicyclic) bond motifs is 1. The Hall–Kier alpha value is -0.260. The van der Waals surface area contributed by atoms with Gasteiger partial charge in [0.15, 0.2) is 0 Å². The number of hydrogen-bond donors (Lipinski definition) is 2. The third-order valence-electron chi connectivity index (χ3n) is 4.13. The summed E-state index contributed by atoms with van der Waals surface area (Å²) in [5.41, 5.74) is 0. The lowest BCUT2D eigenvalue weighted by Gasteiger charge is -2.41. The van der Waals surface area contributed by atoms with Crippen LogP contribution in [0.2, 0.25) is 0 Å². The van der Waals surface area contributed by atoms with Crippen LogP contribution in [0.15, 0.2) is 0 Å². The topological polar surface area (TPSA) is 52.6 Å². The molecule has 90 valence electrons. The van der Waals surface area contributed by atoms with Crippen molar-refractivity contribution in [3.05, 3.63) is 0 Å². The van der Waals surface area contributed by atoms with E-state index in [1.807, 2.05) is 11.8 Å². The molecule has 3 fully saturated rings. The van der Waals surface area contributed by atoms with Gasteiger partial charge in [-0.2, -0.15) is 0 Å². The molecule has 3 rings (SSSR count). The summed E-state index contributed by atoms with van der Waals surface area (Å²) in [4.78, 5) is 13.6. The van der Waals surface area contributed by atoms with Gasteiger partial charge in [-0.1, -0.05) is 0 Å². The molecule has 0 aromatic heterocycles. The first-order valence-corrected chi connectivity index (χ1v) is 7.06. The standard InChI is InChI=1S/C11H18N2O2S/c14-10(15)9-7-16-11(12-9)3-5-13-4-1-2-8(13)6-11/h8-9,12H,1-7H2,(H,14,15)/t8?,9-,11?/m0/s1. The summed E-state index contributed by atoms with van der Waals surface area (Å²) in [5, 5.41) is 12.4. The van der Waals surface area contributed by atoms with Gasteiger partial charge in [0, 0.05) is 18.3 Å². The fourth-order valence-corrected chi connectivity index (χ4v) is 4.75. The lowest BCUT2D eigenvalue weighted by molar-refractivity contribution is -0.139. The number of nitrogens with zero attached hydrogens (tertiary/aromatic N) is 1. The second kappa shape index (κ2) is 3.89. The van der Waals surface area contributed by atoms with Crippen LogP contribution in [0.25, 0.3) is 0 Å². The van der Waals surface area contributed by atoms with Crippen LogP contribution in [-0.4, -0.2) is 51.8 Å². The van der Waals surface area contributed by atoms with Crippen molar-refractivity contribution in [3.8, 4) is 0 Å². The molecular weight excluding hydrogens is 224 g/mol. The average molecular weight is 242 g/mol. The molecular formula is C11H18N2O2S. The highest BCUT2D eigenvalue weighted by Gasteiger charge is 2.47. The first kappa shape index (κ1) is 10.9. The lowest BCUT2D eigenvalue weighted by Crippen LogP contribution is -2.53. The molecule has 0 aromatic carbocycles. The van der Waals surface area contributed by atoms with E-state index in [9.17, 15) is 4.79 Å². The first-order valence-electron chi connectivity index (χ1n) is 6.07. The zero-order valence-electron chi connectivity index (χ0n) is 9.32. The minimum absolute atomic E-state index is 0.0641. The zero-order chi connectivity index (χ0) is 11.2. The Bertz CT molecular complexity index is 312. The van der Waals surface area contributed by atoms with Gasteiger partial charge in [-0.15, -0.1) is 11.8 Å². The van der Waals surface area contributed by atoms with Gasteiger partial charge in [0.25, 0.3) is 0 Å². The van der Waals surface area contributed by atoms with E-state index in [0.717, 1.165) is 25.1 Å². The molecule has 2 unspecified atom stereocenters. The normalized spacial score (nSPS) is 43.8. The minimum atomic E-state index is -0.696. The molecule has 3 aliphatic heterocycles. The summed E-state index contributed by atoms with van der Waals surface area (Å²) in [5.74, 6) is 0.0282. The fourth-order valence-electron chi connectivity index (χ4n) is 3.27. The summed E-state index contributed by atoms with van der Waals surface area (Å²) < 4.78 is 0. The van der Waals surface area contributed by atoms with Crippen molar-refractivity contribution in [1.82, 2.24) is 10.2 Å². The molecule has 3 saturated heterocycles. The maximum atomic E-state index is 11.0. The molecule has 3 heterocycles. The molecule has 0 aromatic rings. The van der Waals surface area contributed by atoms with Crippen LogP contribution < -0.4 is 5.32 Å². The summed E-state index contributed by atoms with van der Waals surface area (Å²) in [6, 6.07) is 0.360. The Morgan fingerprint density at radius 3 is 3.12 bits per heavy atom. The molecule has 1 spiro atoms. The van der Waals surface area contributed by atoms with Crippen LogP contribution >= 0.6 is 11.8 Å². The molecule has 4 nitrogen and oxygen atoms in total. The molecule has 0 aliphatic carbocycles. The van der Waals surface area contributed by atoms with Crippen molar-refractivity contribution >= 4 is 17.7 Å². The van der Waals surface area contributed by atoms with Crippen LogP contribution in [0, 0.1) is 0 Å². The number of aliphatic carboxylic acids is 1. The maximum absolute atomic E-state index is 11.0. The van der Waals surface area contributed by atoms with Gasteiger partial charge >= 0.3 is 5.97 Å². The van der Waals surface area contributed by atoms with Gasteiger partial charge in [-0.05, 0) is 32.2 Å². The number of rotatable bonds is 1. The molecule has 0 bridgehead atoms. The van der Waals surface area contributed by atoms with Gasteiger partial charge in [0.1, 0.15) is 6.04 Å². The Morgan fingerprint density at radius 2 is 2.38 bits per heavy atom. The van der Waals surface area contributed by atoms with Crippen molar-refractivity contribution in [1.29, 1.82) is 0 Å². The number of carbonyl (C=O) groups is 1. The van der Waals surface area contributed by atoms with Crippen molar-refractivity contribution in [2.24, 2.45) is 0 Å². The Morgan fingerprint density at radius 1 is 1.50 bits per heavy atom. The predicted octanol–water partition coefficient (Wildman–Crippen LogP) is 0.730. The second-order valence-electron chi connectivity index (χ2n) is 5.13. The molecule has 2 N–H and O–H groups in total. The number of hydrogen-bond acceptors (Lipinski definition) is 4. The van der Waals surface area contributed by atoms with Gasteiger partial charge in [-0.3, -0.25) is 10.1 Å². The zero-order valence-corrected chi connectivity index (χ0v) is 10.1. The van der Waals surface area contributed by atoms with Crippen LogP contribution in [-0.2, 0) is 4.79 Å². The smallest absolute Gasteiger partial charge is 0.321 e. The Kier molecular flexibility index (Phi) is 2.64. The highest BCUT2D eigenvalue weighted by atomic mass is 32.2. The molecule has 16 heavy (non-hydrogen) atoms. The average Bonchev–Trinajstić information content (AvgIpc) is 2.85. The molecule has 0 amide bonds. The summed E-state index contributed by atoms with van der Waals surface area (Å²) >= 11 is 1.83. The number of carboxylic acids is 1. The van der Waals surface area contributed by atoms with E-state index in [0.29, 0.717) is 6.04 Å². The van der Waals surface area contributed by atoms with Gasteiger partial charge in [0.05, 0.1) is 4.87 Å². The van der Waals surface area contributed by atoms with Crippen molar-refractivity contribution in [2.45, 2.75) is 42.6 Å². The number of piperidine rings is 1. The SMILES string of the molecule is O=C(O)[C@@H]1CSC2(CCN3CCCC3C2)N1. The Balaban J connectivity index is 1.69. The molecule has 5 heteroatoms. The van der Waals surface area contributed by atoms with E-state index >= 15 is 0 Å². The molecule has 0 saturated carbocycles. The van der Waals surface area contributed by atoms with E-state index in [-0.39, 0.29) is 10.9 Å². The van der Waals surface area contributed by atoms with Crippen molar-refractivity contribution in [2.75, 3.05) is 18.8 Å². The van der Waals surface area contributed by atoms with Crippen LogP contribution in [0.4, 0.5) is 0 Å². The fraction of sp³-hybridized carbons (Fsp3) is 0.909. The minimum Gasteiger partial charge on any atom is -0.480 e.